The molecule has 0 spiro atoms. The molecule has 0 fully saturated rings. The summed E-state index contributed by atoms with van der Waals surface area (Å²) in [5, 5.41) is 8.16. The topological polar surface area (TPSA) is 67.2 Å². The molecular weight excluding hydrogens is 364 g/mol. The second kappa shape index (κ2) is 7.59. The molecule has 0 radical (unpaired) electrons. The number of nitrogens with zero attached hydrogens (tertiary/aromatic N) is 3. The van der Waals surface area contributed by atoms with Crippen LogP contribution in [0.2, 0.25) is 0 Å². The van der Waals surface area contributed by atoms with Crippen molar-refractivity contribution in [2.45, 2.75) is 0 Å². The van der Waals surface area contributed by atoms with Gasteiger partial charge in [0.1, 0.15) is 0 Å². The van der Waals surface area contributed by atoms with E-state index in [-0.39, 0.29) is 17.2 Å². The minimum absolute atomic E-state index is 0.208. The van der Waals surface area contributed by atoms with E-state index in [0.717, 1.165) is 11.4 Å². The first kappa shape index (κ1) is 18.4. The van der Waals surface area contributed by atoms with Gasteiger partial charge in [0.2, 0.25) is 0 Å². The molecule has 0 saturated carbocycles. The second-order valence-electron chi connectivity index (χ2n) is 6.69. The lowest BCUT2D eigenvalue weighted by Gasteiger charge is -2.22. The summed E-state index contributed by atoms with van der Waals surface area (Å²) in [6.07, 6.45) is 0. The summed E-state index contributed by atoms with van der Waals surface area (Å²) in [6.45, 7) is 0. The van der Waals surface area contributed by atoms with E-state index < -0.39 is 0 Å². The summed E-state index contributed by atoms with van der Waals surface area (Å²) >= 11 is 0. The van der Waals surface area contributed by atoms with Crippen LogP contribution in [0.15, 0.2) is 83.7 Å². The molecule has 4 aromatic rings. The first-order valence-electron chi connectivity index (χ1n) is 9.21. The highest BCUT2D eigenvalue weighted by Gasteiger charge is 2.18. The number of para-hydroxylation sites is 3. The Morgan fingerprint density at radius 2 is 1.52 bits per heavy atom. The van der Waals surface area contributed by atoms with Crippen LogP contribution in [0.25, 0.3) is 10.8 Å². The van der Waals surface area contributed by atoms with Crippen LogP contribution in [0.1, 0.15) is 10.5 Å². The molecular formula is C23H20N4O2. The predicted molar refractivity (Wildman–Crippen MR) is 116 cm³/mol. The highest BCUT2D eigenvalue weighted by molar-refractivity contribution is 6.12. The summed E-state index contributed by atoms with van der Waals surface area (Å²) in [7, 11) is 3.49. The van der Waals surface area contributed by atoms with Gasteiger partial charge in [-0.1, -0.05) is 48.5 Å². The van der Waals surface area contributed by atoms with Crippen molar-refractivity contribution in [3.63, 3.8) is 0 Å². The predicted octanol–water partition coefficient (Wildman–Crippen LogP) is 3.95. The number of benzene rings is 3. The summed E-state index contributed by atoms with van der Waals surface area (Å²) in [5.74, 6) is -0.370. The zero-order valence-electron chi connectivity index (χ0n) is 16.2. The Balaban J connectivity index is 1.73. The Bertz CT molecular complexity index is 1250. The Kier molecular flexibility index (Phi) is 4.83. The molecule has 0 aliphatic rings. The van der Waals surface area contributed by atoms with Crippen molar-refractivity contribution in [3.8, 4) is 0 Å². The van der Waals surface area contributed by atoms with Crippen molar-refractivity contribution in [2.75, 3.05) is 17.3 Å². The average molecular weight is 384 g/mol. The monoisotopic (exact) mass is 384 g/mol. The summed E-state index contributed by atoms with van der Waals surface area (Å²) in [4.78, 5) is 27.4. The number of amides is 1. The number of aryl methyl sites for hydroxylation is 1. The molecule has 1 aromatic heterocycles. The van der Waals surface area contributed by atoms with E-state index in [1.165, 1.54) is 4.68 Å². The quantitative estimate of drug-likeness (QED) is 0.578. The lowest BCUT2D eigenvalue weighted by molar-refractivity contribution is 0.102. The maximum atomic E-state index is 13.1. The Morgan fingerprint density at radius 1 is 0.897 bits per heavy atom. The SMILES string of the molecule is CN(c1ccccc1)c1ccccc1NC(=O)c1nn(C)c(=O)c2ccccc12. The smallest absolute Gasteiger partial charge is 0.276 e. The van der Waals surface area contributed by atoms with Crippen LogP contribution in [-0.4, -0.2) is 22.7 Å². The van der Waals surface area contributed by atoms with Gasteiger partial charge in [-0.25, -0.2) is 4.68 Å². The minimum Gasteiger partial charge on any atom is -0.343 e. The molecule has 6 nitrogen and oxygen atoms in total. The highest BCUT2D eigenvalue weighted by Crippen LogP contribution is 2.31. The molecule has 3 aromatic carbocycles. The number of aromatic nitrogens is 2. The molecule has 0 atom stereocenters. The van der Waals surface area contributed by atoms with Gasteiger partial charge in [-0.05, 0) is 30.3 Å². The van der Waals surface area contributed by atoms with E-state index in [9.17, 15) is 9.59 Å². The zero-order chi connectivity index (χ0) is 20.4. The van der Waals surface area contributed by atoms with Crippen molar-refractivity contribution in [1.82, 2.24) is 9.78 Å². The number of anilines is 3. The van der Waals surface area contributed by atoms with Crippen LogP contribution in [-0.2, 0) is 7.05 Å². The Morgan fingerprint density at radius 3 is 2.28 bits per heavy atom. The van der Waals surface area contributed by atoms with Gasteiger partial charge in [0.25, 0.3) is 11.5 Å². The van der Waals surface area contributed by atoms with Crippen LogP contribution in [0, 0.1) is 0 Å². The average Bonchev–Trinajstić information content (AvgIpc) is 2.76. The summed E-state index contributed by atoms with van der Waals surface area (Å²) in [5.41, 5.74) is 2.48. The maximum absolute atomic E-state index is 13.1. The van der Waals surface area contributed by atoms with Gasteiger partial charge in [-0.15, -0.1) is 0 Å². The van der Waals surface area contributed by atoms with Crippen LogP contribution in [0.3, 0.4) is 0 Å². The van der Waals surface area contributed by atoms with Crippen LogP contribution < -0.4 is 15.8 Å². The van der Waals surface area contributed by atoms with E-state index in [4.69, 9.17) is 0 Å². The number of hydrogen-bond donors (Lipinski definition) is 1. The molecule has 4 rings (SSSR count). The number of hydrogen-bond acceptors (Lipinski definition) is 4. The molecule has 0 aliphatic carbocycles. The van der Waals surface area contributed by atoms with E-state index in [1.807, 2.05) is 66.5 Å². The first-order chi connectivity index (χ1) is 14.1. The molecule has 0 bridgehead atoms. The van der Waals surface area contributed by atoms with Crippen molar-refractivity contribution in [1.29, 1.82) is 0 Å². The van der Waals surface area contributed by atoms with Gasteiger partial charge in [0, 0.05) is 25.2 Å². The van der Waals surface area contributed by atoms with Gasteiger partial charge in [-0.3, -0.25) is 9.59 Å². The number of nitrogens with one attached hydrogen (secondary N) is 1. The van der Waals surface area contributed by atoms with Crippen molar-refractivity contribution in [2.24, 2.45) is 7.05 Å². The Labute approximate surface area is 168 Å². The van der Waals surface area contributed by atoms with E-state index in [0.29, 0.717) is 16.5 Å². The highest BCUT2D eigenvalue weighted by atomic mass is 16.2. The molecule has 1 amide bonds. The van der Waals surface area contributed by atoms with Crippen LogP contribution in [0.5, 0.6) is 0 Å². The molecule has 0 aliphatic heterocycles. The molecule has 1 N–H and O–H groups in total. The number of rotatable bonds is 4. The van der Waals surface area contributed by atoms with E-state index in [1.54, 1.807) is 31.3 Å². The van der Waals surface area contributed by atoms with Gasteiger partial charge in [0.15, 0.2) is 5.69 Å². The third kappa shape index (κ3) is 3.48. The van der Waals surface area contributed by atoms with Crippen LogP contribution in [0.4, 0.5) is 17.1 Å². The van der Waals surface area contributed by atoms with Gasteiger partial charge >= 0.3 is 0 Å². The standard InChI is InChI=1S/C23H20N4O2/c1-26(16-10-4-3-5-11-16)20-15-9-8-14-19(20)24-22(28)21-17-12-6-7-13-18(17)23(29)27(2)25-21/h3-15H,1-2H3,(H,24,28). The third-order valence-electron chi connectivity index (χ3n) is 4.83. The molecule has 6 heteroatoms. The van der Waals surface area contributed by atoms with Crippen molar-refractivity contribution < 1.29 is 4.79 Å². The van der Waals surface area contributed by atoms with Gasteiger partial charge < -0.3 is 10.2 Å². The van der Waals surface area contributed by atoms with E-state index in [2.05, 4.69) is 10.4 Å². The largest absolute Gasteiger partial charge is 0.343 e. The van der Waals surface area contributed by atoms with Gasteiger partial charge in [-0.2, -0.15) is 5.10 Å². The number of carbonyl (C=O) groups is 1. The zero-order valence-corrected chi connectivity index (χ0v) is 16.2. The summed E-state index contributed by atoms with van der Waals surface area (Å²) in [6, 6.07) is 24.5. The Hall–Kier alpha value is -3.93. The van der Waals surface area contributed by atoms with Crippen molar-refractivity contribution >= 4 is 33.7 Å². The molecule has 144 valence electrons. The molecule has 1 heterocycles. The molecule has 0 saturated heterocycles. The fourth-order valence-corrected chi connectivity index (χ4v) is 3.31. The fourth-order valence-electron chi connectivity index (χ4n) is 3.31. The van der Waals surface area contributed by atoms with Crippen molar-refractivity contribution in [3.05, 3.63) is 94.9 Å². The van der Waals surface area contributed by atoms with Crippen LogP contribution >= 0.6 is 0 Å². The number of fused-ring (bicyclic) bond motifs is 1. The minimum atomic E-state index is -0.370. The third-order valence-corrected chi connectivity index (χ3v) is 4.83. The normalized spacial score (nSPS) is 10.7. The fraction of sp³-hybridized carbons (Fsp3) is 0.0870. The second-order valence-corrected chi connectivity index (χ2v) is 6.69. The number of carbonyl (C=O) groups excluding carboxylic acids is 1. The van der Waals surface area contributed by atoms with E-state index >= 15 is 0 Å². The van der Waals surface area contributed by atoms with Gasteiger partial charge in [0.05, 0.1) is 16.8 Å². The summed E-state index contributed by atoms with van der Waals surface area (Å²) < 4.78 is 1.19. The lowest BCUT2D eigenvalue weighted by atomic mass is 10.1. The maximum Gasteiger partial charge on any atom is 0.276 e. The lowest BCUT2D eigenvalue weighted by Crippen LogP contribution is -2.25. The molecule has 0 unspecified atom stereocenters. The molecule has 29 heavy (non-hydrogen) atoms. The first-order valence-corrected chi connectivity index (χ1v) is 9.21.